The van der Waals surface area contributed by atoms with Crippen molar-refractivity contribution in [3.8, 4) is 0 Å². The summed E-state index contributed by atoms with van der Waals surface area (Å²) in [5.74, 6) is 0. The van der Waals surface area contributed by atoms with Crippen molar-refractivity contribution in [1.82, 2.24) is 0 Å². The molecule has 1 nitrogen and oxygen atoms in total. The summed E-state index contributed by atoms with van der Waals surface area (Å²) in [6, 6.07) is 0. The number of rotatable bonds is 3. The fourth-order valence-electron chi connectivity index (χ4n) is 1.08. The molecule has 0 bridgehead atoms. The molecule has 0 heterocycles. The molecule has 0 rings (SSSR count). The molecule has 0 aliphatic carbocycles. The third-order valence-electron chi connectivity index (χ3n) is 1.80. The zero-order valence-corrected chi connectivity index (χ0v) is 9.46. The molecule has 0 aromatic carbocycles. The second kappa shape index (κ2) is 5.74. The molecule has 0 unspecified atom stereocenters. The van der Waals surface area contributed by atoms with Crippen LogP contribution in [0.25, 0.3) is 0 Å². The molecule has 0 aliphatic rings. The van der Waals surface area contributed by atoms with E-state index in [9.17, 15) is 0 Å². The first-order chi connectivity index (χ1) is 6.02. The number of hydrogen-bond acceptors (Lipinski definition) is 1. The Balaban J connectivity index is 4.55. The van der Waals surface area contributed by atoms with Gasteiger partial charge in [-0.15, -0.1) is 0 Å². The third kappa shape index (κ3) is 5.40. The molecule has 1 heteroatoms. The van der Waals surface area contributed by atoms with Crippen LogP contribution >= 0.6 is 0 Å². The van der Waals surface area contributed by atoms with E-state index in [1.807, 2.05) is 12.3 Å². The van der Waals surface area contributed by atoms with Crippen LogP contribution in [0.15, 0.2) is 28.8 Å². The van der Waals surface area contributed by atoms with Crippen molar-refractivity contribution in [2.45, 2.75) is 34.1 Å². The minimum Gasteiger partial charge on any atom is -0.297 e. The van der Waals surface area contributed by atoms with E-state index in [-0.39, 0.29) is 5.41 Å². The Bertz CT molecular complexity index is 214. The van der Waals surface area contributed by atoms with Gasteiger partial charge >= 0.3 is 0 Å². The molecule has 0 aliphatic heterocycles. The highest BCUT2D eigenvalue weighted by Gasteiger charge is 2.13. The SMILES string of the molecule is CC/C=C(/C=C\C=NC)C(C)(C)C. The number of hydrogen-bond donors (Lipinski definition) is 0. The maximum absolute atomic E-state index is 3.91. The van der Waals surface area contributed by atoms with E-state index < -0.39 is 0 Å². The third-order valence-corrected chi connectivity index (χ3v) is 1.80. The first-order valence-electron chi connectivity index (χ1n) is 4.81. The van der Waals surface area contributed by atoms with Crippen LogP contribution in [0.2, 0.25) is 0 Å². The molecule has 0 spiro atoms. The predicted molar refractivity (Wildman–Crippen MR) is 61.4 cm³/mol. The fraction of sp³-hybridized carbons (Fsp3) is 0.583. The Morgan fingerprint density at radius 3 is 2.31 bits per heavy atom. The van der Waals surface area contributed by atoms with Crippen molar-refractivity contribution < 1.29 is 0 Å². The van der Waals surface area contributed by atoms with E-state index in [0.29, 0.717) is 0 Å². The largest absolute Gasteiger partial charge is 0.297 e. The number of aliphatic imine (C=N–C) groups is 1. The van der Waals surface area contributed by atoms with E-state index in [0.717, 1.165) is 6.42 Å². The molecule has 0 saturated carbocycles. The lowest BCUT2D eigenvalue weighted by molar-refractivity contribution is 0.515. The van der Waals surface area contributed by atoms with Gasteiger partial charge < -0.3 is 0 Å². The minimum atomic E-state index is 0.230. The first-order valence-corrected chi connectivity index (χ1v) is 4.81. The zero-order chi connectivity index (χ0) is 10.3. The maximum atomic E-state index is 3.91. The predicted octanol–water partition coefficient (Wildman–Crippen LogP) is 3.63. The Morgan fingerprint density at radius 2 is 1.92 bits per heavy atom. The molecule has 0 radical (unpaired) electrons. The summed E-state index contributed by atoms with van der Waals surface area (Å²) in [5, 5.41) is 0. The topological polar surface area (TPSA) is 12.4 Å². The van der Waals surface area contributed by atoms with Crippen LogP contribution in [0, 0.1) is 5.41 Å². The molecule has 0 aromatic heterocycles. The van der Waals surface area contributed by atoms with Gasteiger partial charge in [0, 0.05) is 13.3 Å². The summed E-state index contributed by atoms with van der Waals surface area (Å²) in [6.07, 6.45) is 9.29. The van der Waals surface area contributed by atoms with Gasteiger partial charge in [-0.05, 0) is 23.5 Å². The van der Waals surface area contributed by atoms with Crippen LogP contribution < -0.4 is 0 Å². The average Bonchev–Trinajstić information content (AvgIpc) is 2.01. The smallest absolute Gasteiger partial charge is 0.0277 e. The molecule has 0 fully saturated rings. The Labute approximate surface area is 82.3 Å². The van der Waals surface area contributed by atoms with E-state index in [4.69, 9.17) is 0 Å². The van der Waals surface area contributed by atoms with Gasteiger partial charge in [-0.2, -0.15) is 0 Å². The Hall–Kier alpha value is -0.850. The normalized spacial score (nSPS) is 14.7. The highest BCUT2D eigenvalue weighted by Crippen LogP contribution is 2.26. The lowest BCUT2D eigenvalue weighted by Gasteiger charge is -2.20. The van der Waals surface area contributed by atoms with Crippen LogP contribution in [0.3, 0.4) is 0 Å². The molecule has 74 valence electrons. The molecule has 13 heavy (non-hydrogen) atoms. The van der Waals surface area contributed by atoms with Crippen molar-refractivity contribution in [2.75, 3.05) is 7.05 Å². The molecule has 0 N–H and O–H groups in total. The van der Waals surface area contributed by atoms with Crippen LogP contribution in [-0.4, -0.2) is 13.3 Å². The van der Waals surface area contributed by atoms with Crippen molar-refractivity contribution in [2.24, 2.45) is 10.4 Å². The summed E-state index contributed by atoms with van der Waals surface area (Å²) < 4.78 is 0. The minimum absolute atomic E-state index is 0.230. The summed E-state index contributed by atoms with van der Waals surface area (Å²) in [4.78, 5) is 3.91. The quantitative estimate of drug-likeness (QED) is 0.463. The van der Waals surface area contributed by atoms with Gasteiger partial charge in [0.1, 0.15) is 0 Å². The van der Waals surface area contributed by atoms with Gasteiger partial charge in [-0.25, -0.2) is 0 Å². The van der Waals surface area contributed by atoms with Gasteiger partial charge in [-0.3, -0.25) is 4.99 Å². The van der Waals surface area contributed by atoms with E-state index in [1.165, 1.54) is 5.57 Å². The van der Waals surface area contributed by atoms with Gasteiger partial charge in [-0.1, -0.05) is 39.8 Å². The van der Waals surface area contributed by atoms with Crippen molar-refractivity contribution in [3.63, 3.8) is 0 Å². The van der Waals surface area contributed by atoms with E-state index in [2.05, 4.69) is 44.8 Å². The molecule has 0 aromatic rings. The Morgan fingerprint density at radius 1 is 1.31 bits per heavy atom. The second-order valence-corrected chi connectivity index (χ2v) is 4.08. The van der Waals surface area contributed by atoms with Crippen LogP contribution in [-0.2, 0) is 0 Å². The van der Waals surface area contributed by atoms with Crippen molar-refractivity contribution in [3.05, 3.63) is 23.8 Å². The van der Waals surface area contributed by atoms with Gasteiger partial charge in [0.05, 0.1) is 0 Å². The monoisotopic (exact) mass is 179 g/mol. The van der Waals surface area contributed by atoms with Crippen molar-refractivity contribution >= 4 is 6.21 Å². The maximum Gasteiger partial charge on any atom is 0.0277 e. The van der Waals surface area contributed by atoms with E-state index in [1.54, 1.807) is 7.05 Å². The van der Waals surface area contributed by atoms with Gasteiger partial charge in [0.15, 0.2) is 0 Å². The lowest BCUT2D eigenvalue weighted by Crippen LogP contribution is -2.07. The van der Waals surface area contributed by atoms with Crippen LogP contribution in [0.5, 0.6) is 0 Å². The molecule has 0 saturated heterocycles. The number of nitrogens with zero attached hydrogens (tertiary/aromatic N) is 1. The standard InChI is InChI=1S/C12H21N/c1-6-8-11(12(2,3)4)9-7-10-13-5/h7-10H,6H2,1-5H3/b9-7-,11-8-,13-10?. The van der Waals surface area contributed by atoms with Crippen molar-refractivity contribution in [1.29, 1.82) is 0 Å². The zero-order valence-electron chi connectivity index (χ0n) is 9.46. The highest BCUT2D eigenvalue weighted by molar-refractivity contribution is 5.71. The first kappa shape index (κ1) is 12.2. The van der Waals surface area contributed by atoms with E-state index >= 15 is 0 Å². The average molecular weight is 179 g/mol. The lowest BCUT2D eigenvalue weighted by atomic mass is 9.85. The molecule has 0 atom stereocenters. The van der Waals surface area contributed by atoms with Gasteiger partial charge in [0.2, 0.25) is 0 Å². The Kier molecular flexibility index (Phi) is 5.36. The summed E-state index contributed by atoms with van der Waals surface area (Å²) in [6.45, 7) is 8.83. The highest BCUT2D eigenvalue weighted by atomic mass is 14.6. The number of allylic oxidation sites excluding steroid dienone is 4. The summed E-state index contributed by atoms with van der Waals surface area (Å²) in [7, 11) is 1.78. The molecule has 0 amide bonds. The fourth-order valence-corrected chi connectivity index (χ4v) is 1.08. The van der Waals surface area contributed by atoms with Gasteiger partial charge in [0.25, 0.3) is 0 Å². The second-order valence-electron chi connectivity index (χ2n) is 4.08. The van der Waals surface area contributed by atoms with Crippen LogP contribution in [0.4, 0.5) is 0 Å². The molecular formula is C12H21N. The van der Waals surface area contributed by atoms with Crippen LogP contribution in [0.1, 0.15) is 34.1 Å². The summed E-state index contributed by atoms with van der Waals surface area (Å²) in [5.41, 5.74) is 1.60. The summed E-state index contributed by atoms with van der Waals surface area (Å²) >= 11 is 0. The molecular weight excluding hydrogens is 158 g/mol.